The maximum Gasteiger partial charge on any atom is 0.410 e. The molecule has 0 aromatic heterocycles. The minimum atomic E-state index is -0.616. The van der Waals surface area contributed by atoms with Crippen molar-refractivity contribution in [1.82, 2.24) is 4.90 Å². The predicted molar refractivity (Wildman–Crippen MR) is 144 cm³/mol. The minimum absolute atomic E-state index is 0.0194. The second-order valence-corrected chi connectivity index (χ2v) is 10.2. The number of hydrogen-bond donors (Lipinski definition) is 2. The highest BCUT2D eigenvalue weighted by molar-refractivity contribution is 6.03. The van der Waals surface area contributed by atoms with Gasteiger partial charge in [0, 0.05) is 24.6 Å². The normalized spacial score (nSPS) is 16.9. The van der Waals surface area contributed by atoms with Crippen molar-refractivity contribution in [2.45, 2.75) is 51.3 Å². The first-order valence-corrected chi connectivity index (χ1v) is 12.3. The van der Waals surface area contributed by atoms with E-state index in [0.29, 0.717) is 17.9 Å². The highest BCUT2D eigenvalue weighted by atomic mass is 19.1. The molecular formula is C30H32FN3O3. The van der Waals surface area contributed by atoms with Gasteiger partial charge in [-0.3, -0.25) is 4.79 Å². The summed E-state index contributed by atoms with van der Waals surface area (Å²) >= 11 is 0. The standard InChI is InChI=1S/C30H32FN3O3/c1-30(2,3)37-29(36)34(27-18-24(27)22-13-15-23(31)16-14-22)19-21-10-8-20(9-11-21)12-17-28(35)33-26-7-5-4-6-25(26)32/h4-17,24,27H,18-19,32H2,1-3H3,(H,33,35)/b17-12+. The molecule has 1 saturated carbocycles. The summed E-state index contributed by atoms with van der Waals surface area (Å²) in [6.45, 7) is 5.92. The maximum atomic E-state index is 13.4. The number of carbonyl (C=O) groups is 2. The molecule has 3 aromatic rings. The van der Waals surface area contributed by atoms with Crippen LogP contribution in [-0.2, 0) is 16.1 Å². The largest absolute Gasteiger partial charge is 0.444 e. The van der Waals surface area contributed by atoms with Crippen molar-refractivity contribution >= 4 is 29.5 Å². The number of nitrogens with one attached hydrogen (secondary N) is 1. The Hall–Kier alpha value is -4.13. The molecule has 4 rings (SSSR count). The van der Waals surface area contributed by atoms with Gasteiger partial charge in [0.05, 0.1) is 11.4 Å². The molecule has 0 saturated heterocycles. The fourth-order valence-electron chi connectivity index (χ4n) is 4.12. The fourth-order valence-corrected chi connectivity index (χ4v) is 4.12. The van der Waals surface area contributed by atoms with Gasteiger partial charge in [-0.05, 0) is 74.2 Å². The number of nitrogen functional groups attached to an aromatic ring is 1. The van der Waals surface area contributed by atoms with E-state index in [4.69, 9.17) is 10.5 Å². The van der Waals surface area contributed by atoms with Crippen molar-refractivity contribution < 1.29 is 18.7 Å². The van der Waals surface area contributed by atoms with Crippen LogP contribution in [0.15, 0.2) is 78.9 Å². The molecule has 0 radical (unpaired) electrons. The third-order valence-electron chi connectivity index (χ3n) is 6.06. The Labute approximate surface area is 216 Å². The van der Waals surface area contributed by atoms with Crippen LogP contribution in [0.1, 0.15) is 49.8 Å². The smallest absolute Gasteiger partial charge is 0.410 e. The summed E-state index contributed by atoms with van der Waals surface area (Å²) in [4.78, 5) is 27.1. The van der Waals surface area contributed by atoms with Gasteiger partial charge in [0.2, 0.25) is 5.91 Å². The summed E-state index contributed by atoms with van der Waals surface area (Å²) in [7, 11) is 0. The zero-order valence-electron chi connectivity index (χ0n) is 21.3. The molecule has 3 N–H and O–H groups in total. The zero-order valence-corrected chi connectivity index (χ0v) is 21.3. The number of para-hydroxylation sites is 2. The van der Waals surface area contributed by atoms with Crippen molar-refractivity contribution in [3.63, 3.8) is 0 Å². The molecule has 1 aliphatic rings. The van der Waals surface area contributed by atoms with E-state index < -0.39 is 5.60 Å². The van der Waals surface area contributed by atoms with E-state index in [2.05, 4.69) is 5.32 Å². The third-order valence-corrected chi connectivity index (χ3v) is 6.06. The van der Waals surface area contributed by atoms with Crippen LogP contribution in [-0.4, -0.2) is 28.5 Å². The predicted octanol–water partition coefficient (Wildman–Crippen LogP) is 6.35. The van der Waals surface area contributed by atoms with Gasteiger partial charge in [0.25, 0.3) is 0 Å². The fraction of sp³-hybridized carbons (Fsp3) is 0.267. The first kappa shape index (κ1) is 25.9. The topological polar surface area (TPSA) is 84.7 Å². The molecule has 1 aliphatic carbocycles. The number of benzene rings is 3. The highest BCUT2D eigenvalue weighted by Crippen LogP contribution is 2.45. The Bertz CT molecular complexity index is 1280. The summed E-state index contributed by atoms with van der Waals surface area (Å²) in [5.41, 5.74) is 9.11. The van der Waals surface area contributed by atoms with E-state index in [9.17, 15) is 14.0 Å². The number of nitrogens with zero attached hydrogens (tertiary/aromatic N) is 1. The molecule has 0 heterocycles. The molecule has 192 valence electrons. The van der Waals surface area contributed by atoms with Gasteiger partial charge in [0.15, 0.2) is 0 Å². The summed E-state index contributed by atoms with van der Waals surface area (Å²) in [5, 5.41) is 2.76. The summed E-state index contributed by atoms with van der Waals surface area (Å²) < 4.78 is 19.0. The number of hydrogen-bond acceptors (Lipinski definition) is 4. The molecule has 0 aliphatic heterocycles. The molecular weight excluding hydrogens is 469 g/mol. The molecule has 2 unspecified atom stereocenters. The molecule has 2 amide bonds. The molecule has 0 bridgehead atoms. The zero-order chi connectivity index (χ0) is 26.6. The quantitative estimate of drug-likeness (QED) is 0.292. The van der Waals surface area contributed by atoms with Crippen LogP contribution in [0.25, 0.3) is 6.08 Å². The molecule has 6 nitrogen and oxygen atoms in total. The van der Waals surface area contributed by atoms with Gasteiger partial charge >= 0.3 is 6.09 Å². The Morgan fingerprint density at radius 2 is 1.73 bits per heavy atom. The number of halogens is 1. The van der Waals surface area contributed by atoms with Gasteiger partial charge < -0.3 is 20.7 Å². The van der Waals surface area contributed by atoms with Crippen molar-refractivity contribution in [3.8, 4) is 0 Å². The number of anilines is 2. The van der Waals surface area contributed by atoms with Crippen molar-refractivity contribution in [2.24, 2.45) is 0 Å². The molecule has 7 heteroatoms. The van der Waals surface area contributed by atoms with Crippen LogP contribution in [0, 0.1) is 5.82 Å². The SMILES string of the molecule is CC(C)(C)OC(=O)N(Cc1ccc(/C=C/C(=O)Nc2ccccc2N)cc1)C1CC1c1ccc(F)cc1. The van der Waals surface area contributed by atoms with Crippen LogP contribution >= 0.6 is 0 Å². The van der Waals surface area contributed by atoms with E-state index in [-0.39, 0.29) is 29.8 Å². The number of amides is 2. The van der Waals surface area contributed by atoms with Crippen molar-refractivity contribution in [1.29, 1.82) is 0 Å². The van der Waals surface area contributed by atoms with Gasteiger partial charge in [-0.25, -0.2) is 9.18 Å². The van der Waals surface area contributed by atoms with Crippen LogP contribution in [0.5, 0.6) is 0 Å². The molecule has 37 heavy (non-hydrogen) atoms. The lowest BCUT2D eigenvalue weighted by Crippen LogP contribution is -2.38. The van der Waals surface area contributed by atoms with Gasteiger partial charge in [-0.1, -0.05) is 48.5 Å². The van der Waals surface area contributed by atoms with Gasteiger partial charge in [-0.2, -0.15) is 0 Å². The summed E-state index contributed by atoms with van der Waals surface area (Å²) in [6.07, 6.45) is 3.59. The Morgan fingerprint density at radius 1 is 1.05 bits per heavy atom. The van der Waals surface area contributed by atoms with E-state index in [0.717, 1.165) is 23.1 Å². The number of ether oxygens (including phenoxy) is 1. The average Bonchev–Trinajstić information content (AvgIpc) is 3.63. The lowest BCUT2D eigenvalue weighted by molar-refractivity contribution is -0.111. The number of carbonyl (C=O) groups excluding carboxylic acids is 2. The molecule has 3 aromatic carbocycles. The Kier molecular flexibility index (Phi) is 7.62. The summed E-state index contributed by atoms with van der Waals surface area (Å²) in [5.74, 6) is -0.410. The highest BCUT2D eigenvalue weighted by Gasteiger charge is 2.46. The Morgan fingerprint density at radius 3 is 2.38 bits per heavy atom. The van der Waals surface area contributed by atoms with E-state index in [1.54, 1.807) is 47.4 Å². The van der Waals surface area contributed by atoms with Crippen LogP contribution in [0.2, 0.25) is 0 Å². The third kappa shape index (κ3) is 7.19. The van der Waals surface area contributed by atoms with E-state index >= 15 is 0 Å². The van der Waals surface area contributed by atoms with E-state index in [1.807, 2.05) is 45.0 Å². The number of rotatable bonds is 7. The van der Waals surface area contributed by atoms with Gasteiger partial charge in [-0.15, -0.1) is 0 Å². The first-order valence-electron chi connectivity index (χ1n) is 12.3. The van der Waals surface area contributed by atoms with Crippen LogP contribution in [0.4, 0.5) is 20.6 Å². The van der Waals surface area contributed by atoms with Crippen molar-refractivity contribution in [3.05, 3.63) is 101 Å². The molecule has 2 atom stereocenters. The van der Waals surface area contributed by atoms with E-state index in [1.165, 1.54) is 18.2 Å². The second kappa shape index (κ2) is 10.9. The number of nitrogens with two attached hydrogens (primary N) is 1. The Balaban J connectivity index is 1.42. The minimum Gasteiger partial charge on any atom is -0.444 e. The molecule has 0 spiro atoms. The summed E-state index contributed by atoms with van der Waals surface area (Å²) in [6, 6.07) is 21.2. The first-order chi connectivity index (χ1) is 17.6. The second-order valence-electron chi connectivity index (χ2n) is 10.2. The monoisotopic (exact) mass is 501 g/mol. The lowest BCUT2D eigenvalue weighted by atomic mass is 10.1. The molecule has 1 fully saturated rings. The lowest BCUT2D eigenvalue weighted by Gasteiger charge is -2.28. The maximum absolute atomic E-state index is 13.4. The van der Waals surface area contributed by atoms with Crippen LogP contribution in [0.3, 0.4) is 0 Å². The van der Waals surface area contributed by atoms with Crippen molar-refractivity contribution in [2.75, 3.05) is 11.1 Å². The average molecular weight is 502 g/mol. The van der Waals surface area contributed by atoms with Crippen LogP contribution < -0.4 is 11.1 Å². The van der Waals surface area contributed by atoms with Gasteiger partial charge in [0.1, 0.15) is 11.4 Å².